The van der Waals surface area contributed by atoms with Crippen LogP contribution in [-0.2, 0) is 0 Å². The molecule has 0 aliphatic carbocycles. The molecule has 7 heteroatoms. The number of anilines is 1. The minimum Gasteiger partial charge on any atom is -0.319 e. The van der Waals surface area contributed by atoms with Crippen molar-refractivity contribution >= 4 is 27.5 Å². The second-order valence-electron chi connectivity index (χ2n) is 4.17. The molecule has 0 radical (unpaired) electrons. The first-order chi connectivity index (χ1) is 10.2. The summed E-state index contributed by atoms with van der Waals surface area (Å²) in [6.45, 7) is 0. The molecule has 3 aromatic rings. The van der Waals surface area contributed by atoms with Gasteiger partial charge in [0, 0.05) is 12.4 Å². The zero-order valence-electron chi connectivity index (χ0n) is 10.8. The summed E-state index contributed by atoms with van der Waals surface area (Å²) in [6.07, 6.45) is 6.72. The second-order valence-corrected chi connectivity index (χ2v) is 4.99. The summed E-state index contributed by atoms with van der Waals surface area (Å²) in [7, 11) is 0. The number of hydrogen-bond donors (Lipinski definition) is 1. The van der Waals surface area contributed by atoms with Crippen LogP contribution in [0.25, 0.3) is 5.82 Å². The van der Waals surface area contributed by atoms with Crippen molar-refractivity contribution in [1.29, 1.82) is 0 Å². The Bertz CT molecular complexity index is 755. The van der Waals surface area contributed by atoms with Gasteiger partial charge in [-0.05, 0) is 40.2 Å². The predicted octanol–water partition coefficient (Wildman–Crippen LogP) is 2.68. The highest BCUT2D eigenvalue weighted by Crippen LogP contribution is 2.12. The van der Waals surface area contributed by atoms with Crippen molar-refractivity contribution < 1.29 is 4.79 Å². The molecule has 1 N–H and O–H groups in total. The Balaban J connectivity index is 1.75. The Kier molecular flexibility index (Phi) is 3.74. The molecule has 0 aliphatic rings. The highest BCUT2D eigenvalue weighted by molar-refractivity contribution is 9.10. The number of pyridine rings is 2. The minimum absolute atomic E-state index is 0.284. The van der Waals surface area contributed by atoms with Gasteiger partial charge in [0.25, 0.3) is 5.91 Å². The van der Waals surface area contributed by atoms with Crippen molar-refractivity contribution in [3.8, 4) is 5.82 Å². The van der Waals surface area contributed by atoms with Gasteiger partial charge in [-0.3, -0.25) is 9.36 Å². The number of hydrogen-bond acceptors (Lipinski definition) is 4. The van der Waals surface area contributed by atoms with Gasteiger partial charge < -0.3 is 5.32 Å². The van der Waals surface area contributed by atoms with Crippen molar-refractivity contribution in [3.63, 3.8) is 0 Å². The van der Waals surface area contributed by atoms with Gasteiger partial charge >= 0.3 is 0 Å². The van der Waals surface area contributed by atoms with E-state index in [0.29, 0.717) is 16.0 Å². The lowest BCUT2D eigenvalue weighted by Crippen LogP contribution is -2.13. The summed E-state index contributed by atoms with van der Waals surface area (Å²) in [6, 6.07) is 8.74. The minimum atomic E-state index is -0.284. The van der Waals surface area contributed by atoms with Gasteiger partial charge in [-0.25, -0.2) is 15.0 Å². The first-order valence-corrected chi connectivity index (χ1v) is 6.90. The van der Waals surface area contributed by atoms with E-state index >= 15 is 0 Å². The lowest BCUT2D eigenvalue weighted by atomic mass is 10.3. The first-order valence-electron chi connectivity index (χ1n) is 6.11. The summed E-state index contributed by atoms with van der Waals surface area (Å²) in [4.78, 5) is 24.4. The van der Waals surface area contributed by atoms with Crippen LogP contribution in [0.15, 0.2) is 59.9 Å². The fourth-order valence-corrected chi connectivity index (χ4v) is 2.08. The molecule has 0 saturated heterocycles. The van der Waals surface area contributed by atoms with E-state index in [0.717, 1.165) is 5.82 Å². The first kappa shape index (κ1) is 13.4. The molecule has 3 rings (SSSR count). The van der Waals surface area contributed by atoms with Gasteiger partial charge in [0.1, 0.15) is 22.4 Å². The van der Waals surface area contributed by atoms with E-state index in [1.165, 1.54) is 0 Å². The van der Waals surface area contributed by atoms with Crippen LogP contribution in [0.3, 0.4) is 0 Å². The molecule has 0 bridgehead atoms. The molecule has 6 nitrogen and oxygen atoms in total. The van der Waals surface area contributed by atoms with Crippen molar-refractivity contribution in [2.45, 2.75) is 0 Å². The molecule has 0 saturated carbocycles. The number of halogens is 1. The largest absolute Gasteiger partial charge is 0.319 e. The summed E-state index contributed by atoms with van der Waals surface area (Å²) in [5.74, 6) is 0.444. The van der Waals surface area contributed by atoms with E-state index < -0.39 is 0 Å². The van der Waals surface area contributed by atoms with Gasteiger partial charge in [0.2, 0.25) is 0 Å². The quantitative estimate of drug-likeness (QED) is 0.742. The fraction of sp³-hybridized carbons (Fsp3) is 0. The van der Waals surface area contributed by atoms with Crippen LogP contribution in [0.2, 0.25) is 0 Å². The zero-order chi connectivity index (χ0) is 14.7. The van der Waals surface area contributed by atoms with Crippen molar-refractivity contribution in [1.82, 2.24) is 19.5 Å². The Morgan fingerprint density at radius 3 is 2.81 bits per heavy atom. The molecule has 0 aromatic carbocycles. The Morgan fingerprint density at radius 1 is 1.24 bits per heavy atom. The third-order valence-corrected chi connectivity index (χ3v) is 3.16. The molecular weight excluding hydrogens is 334 g/mol. The maximum absolute atomic E-state index is 12.0. The van der Waals surface area contributed by atoms with Crippen molar-refractivity contribution in [2.24, 2.45) is 0 Å². The monoisotopic (exact) mass is 343 g/mol. The van der Waals surface area contributed by atoms with Gasteiger partial charge in [-0.2, -0.15) is 0 Å². The average molecular weight is 344 g/mol. The fourth-order valence-electron chi connectivity index (χ4n) is 1.74. The average Bonchev–Trinajstić information content (AvgIpc) is 3.02. The highest BCUT2D eigenvalue weighted by atomic mass is 79.9. The number of amides is 1. The van der Waals surface area contributed by atoms with E-state index in [9.17, 15) is 4.79 Å². The number of carbonyl (C=O) groups is 1. The molecule has 3 aromatic heterocycles. The lowest BCUT2D eigenvalue weighted by Gasteiger charge is -2.06. The summed E-state index contributed by atoms with van der Waals surface area (Å²) in [5.41, 5.74) is 0.939. The number of rotatable bonds is 3. The Morgan fingerprint density at radius 2 is 2.14 bits per heavy atom. The predicted molar refractivity (Wildman–Crippen MR) is 81.2 cm³/mol. The molecule has 1 amide bonds. The van der Waals surface area contributed by atoms with E-state index in [4.69, 9.17) is 0 Å². The Hall–Kier alpha value is -2.54. The highest BCUT2D eigenvalue weighted by Gasteiger charge is 2.08. The van der Waals surface area contributed by atoms with Gasteiger partial charge in [0.05, 0.1) is 11.9 Å². The second kappa shape index (κ2) is 5.84. The summed E-state index contributed by atoms with van der Waals surface area (Å²) >= 11 is 3.24. The number of nitrogens with one attached hydrogen (secondary N) is 1. The van der Waals surface area contributed by atoms with Gasteiger partial charge in [-0.15, -0.1) is 0 Å². The molecule has 0 unspecified atom stereocenters. The zero-order valence-corrected chi connectivity index (χ0v) is 12.4. The van der Waals surface area contributed by atoms with Crippen LogP contribution in [0.4, 0.5) is 5.69 Å². The van der Waals surface area contributed by atoms with Crippen LogP contribution in [-0.4, -0.2) is 25.4 Å². The van der Waals surface area contributed by atoms with E-state index in [-0.39, 0.29) is 5.91 Å². The van der Waals surface area contributed by atoms with Crippen LogP contribution < -0.4 is 5.32 Å². The third kappa shape index (κ3) is 3.14. The van der Waals surface area contributed by atoms with Crippen molar-refractivity contribution in [2.75, 3.05) is 5.32 Å². The van der Waals surface area contributed by atoms with Crippen LogP contribution in [0, 0.1) is 0 Å². The third-order valence-electron chi connectivity index (χ3n) is 2.72. The molecule has 21 heavy (non-hydrogen) atoms. The maximum Gasteiger partial charge on any atom is 0.274 e. The molecule has 0 atom stereocenters. The summed E-state index contributed by atoms with van der Waals surface area (Å²) in [5, 5.41) is 2.75. The van der Waals surface area contributed by atoms with Crippen molar-refractivity contribution in [3.05, 3.63) is 65.5 Å². The van der Waals surface area contributed by atoms with Gasteiger partial charge in [0.15, 0.2) is 0 Å². The molecule has 3 heterocycles. The van der Waals surface area contributed by atoms with Crippen LogP contribution >= 0.6 is 15.9 Å². The topological polar surface area (TPSA) is 72.7 Å². The molecule has 0 fully saturated rings. The molecule has 0 aliphatic heterocycles. The molecule has 104 valence electrons. The number of aromatic nitrogens is 4. The van der Waals surface area contributed by atoms with E-state index in [1.54, 1.807) is 59.8 Å². The maximum atomic E-state index is 12.0. The smallest absolute Gasteiger partial charge is 0.274 e. The van der Waals surface area contributed by atoms with Crippen LogP contribution in [0.5, 0.6) is 0 Å². The number of imidazole rings is 1. The molecule has 0 spiro atoms. The van der Waals surface area contributed by atoms with Gasteiger partial charge in [-0.1, -0.05) is 6.07 Å². The van der Waals surface area contributed by atoms with Crippen LogP contribution in [0.1, 0.15) is 10.5 Å². The molecular formula is C14H10BrN5O. The number of nitrogens with zero attached hydrogens (tertiary/aromatic N) is 4. The standard InChI is InChI=1S/C14H10BrN5O/c15-12-3-1-2-11(19-12)14(21)18-10-4-5-13(17-8-10)20-7-6-16-9-20/h1-9H,(H,18,21). The SMILES string of the molecule is O=C(Nc1ccc(-n2ccnc2)nc1)c1cccc(Br)n1. The summed E-state index contributed by atoms with van der Waals surface area (Å²) < 4.78 is 2.39. The number of carbonyl (C=O) groups excluding carboxylic acids is 1. The lowest BCUT2D eigenvalue weighted by molar-refractivity contribution is 0.102. The van der Waals surface area contributed by atoms with E-state index in [2.05, 4.69) is 36.2 Å². The normalized spacial score (nSPS) is 10.3. The Labute approximate surface area is 129 Å². The van der Waals surface area contributed by atoms with E-state index in [1.807, 2.05) is 0 Å².